The van der Waals surface area contributed by atoms with Crippen LogP contribution in [-0.4, -0.2) is 25.1 Å². The van der Waals surface area contributed by atoms with Crippen molar-refractivity contribution < 1.29 is 4.79 Å². The van der Waals surface area contributed by atoms with Crippen LogP contribution in [0.2, 0.25) is 5.15 Å². The summed E-state index contributed by atoms with van der Waals surface area (Å²) >= 11 is 7.57. The van der Waals surface area contributed by atoms with E-state index in [1.807, 2.05) is 54.2 Å². The van der Waals surface area contributed by atoms with Gasteiger partial charge in [0.2, 0.25) is 0 Å². The Labute approximate surface area is 152 Å². The number of hydrogen-bond acceptors (Lipinski definition) is 4. The lowest BCUT2D eigenvalue weighted by Crippen LogP contribution is -2.15. The second kappa shape index (κ2) is 6.02. The van der Waals surface area contributed by atoms with E-state index in [2.05, 4.69) is 15.4 Å². The molecule has 4 rings (SSSR count). The average molecular weight is 372 g/mol. The minimum atomic E-state index is -0.310. The van der Waals surface area contributed by atoms with Crippen molar-refractivity contribution in [2.24, 2.45) is 0 Å². The topological polar surface area (TPSA) is 64.2 Å². The first-order valence-corrected chi connectivity index (χ1v) is 8.86. The largest absolute Gasteiger partial charge is 0.317 e. The first-order valence-electron chi connectivity index (χ1n) is 7.60. The van der Waals surface area contributed by atoms with Gasteiger partial charge in [0.05, 0.1) is 22.8 Å². The summed E-state index contributed by atoms with van der Waals surface area (Å²) in [5.74, 6) is -0.310. The van der Waals surface area contributed by atoms with Crippen molar-refractivity contribution in [1.29, 1.82) is 0 Å². The molecule has 4 aromatic rings. The summed E-state index contributed by atoms with van der Waals surface area (Å²) in [5.41, 5.74) is 3.52. The number of amides is 1. The Bertz CT molecular complexity index is 1080. The maximum Gasteiger partial charge on any atom is 0.276 e. The third-order valence-electron chi connectivity index (χ3n) is 3.97. The van der Waals surface area contributed by atoms with Crippen molar-refractivity contribution in [3.05, 3.63) is 64.1 Å². The van der Waals surface area contributed by atoms with Crippen LogP contribution in [0.15, 0.2) is 41.9 Å². The van der Waals surface area contributed by atoms with E-state index in [4.69, 9.17) is 11.6 Å². The van der Waals surface area contributed by atoms with Gasteiger partial charge in [-0.3, -0.25) is 9.20 Å². The van der Waals surface area contributed by atoms with Crippen molar-refractivity contribution in [2.45, 2.75) is 13.8 Å². The first kappa shape index (κ1) is 15.9. The third-order valence-corrected chi connectivity index (χ3v) is 4.99. The molecule has 0 radical (unpaired) electrons. The van der Waals surface area contributed by atoms with Gasteiger partial charge in [-0.25, -0.2) is 9.67 Å². The number of carbonyl (C=O) groups excluding carboxylic acids is 1. The number of nitrogens with zero attached hydrogens (tertiary/aromatic N) is 4. The van der Waals surface area contributed by atoms with Crippen LogP contribution in [0, 0.1) is 13.8 Å². The van der Waals surface area contributed by atoms with E-state index in [0.29, 0.717) is 16.3 Å². The number of rotatable bonds is 3. The summed E-state index contributed by atoms with van der Waals surface area (Å²) in [5, 5.41) is 9.52. The minimum Gasteiger partial charge on any atom is -0.317 e. The number of aromatic nitrogens is 4. The van der Waals surface area contributed by atoms with Crippen LogP contribution in [0.4, 0.5) is 5.69 Å². The SMILES string of the molecule is Cc1nn(-c2ccccc2)c(C)c1NC(=O)c1c(Cl)nc2sccn12. The second-order valence-corrected chi connectivity index (χ2v) is 6.79. The van der Waals surface area contributed by atoms with E-state index in [-0.39, 0.29) is 11.1 Å². The molecule has 0 bridgehead atoms. The van der Waals surface area contributed by atoms with Crippen LogP contribution in [-0.2, 0) is 0 Å². The molecule has 6 nitrogen and oxygen atoms in total. The van der Waals surface area contributed by atoms with Crippen LogP contribution in [0.5, 0.6) is 0 Å². The van der Waals surface area contributed by atoms with Crippen molar-refractivity contribution in [1.82, 2.24) is 19.2 Å². The standard InChI is InChI=1S/C17H14ClN5OS/c1-10-13(11(2)23(21-10)12-6-4-3-5-7-12)19-16(24)14-15(18)20-17-22(14)8-9-25-17/h3-9H,1-2H3,(H,19,24). The molecule has 3 aromatic heterocycles. The van der Waals surface area contributed by atoms with Gasteiger partial charge < -0.3 is 5.32 Å². The highest BCUT2D eigenvalue weighted by Gasteiger charge is 2.22. The van der Waals surface area contributed by atoms with Crippen LogP contribution < -0.4 is 5.32 Å². The Kier molecular flexibility index (Phi) is 3.82. The number of carbonyl (C=O) groups is 1. The number of anilines is 1. The van der Waals surface area contributed by atoms with Gasteiger partial charge in [-0.2, -0.15) is 5.10 Å². The summed E-state index contributed by atoms with van der Waals surface area (Å²) in [6, 6.07) is 9.78. The molecule has 0 saturated heterocycles. The quantitative estimate of drug-likeness (QED) is 0.589. The number of fused-ring (bicyclic) bond motifs is 1. The summed E-state index contributed by atoms with van der Waals surface area (Å²) in [4.78, 5) is 17.7. The number of aryl methyl sites for hydroxylation is 1. The Morgan fingerprint density at radius 2 is 2.00 bits per heavy atom. The number of nitrogens with one attached hydrogen (secondary N) is 1. The Hall–Kier alpha value is -2.64. The lowest BCUT2D eigenvalue weighted by atomic mass is 10.2. The van der Waals surface area contributed by atoms with Gasteiger partial charge in [-0.15, -0.1) is 11.3 Å². The molecule has 8 heteroatoms. The van der Waals surface area contributed by atoms with Gasteiger partial charge in [-0.05, 0) is 26.0 Å². The molecule has 0 unspecified atom stereocenters. The second-order valence-electron chi connectivity index (χ2n) is 5.55. The zero-order chi connectivity index (χ0) is 17.6. The molecule has 25 heavy (non-hydrogen) atoms. The lowest BCUT2D eigenvalue weighted by molar-refractivity contribution is 0.102. The first-order chi connectivity index (χ1) is 12.1. The summed E-state index contributed by atoms with van der Waals surface area (Å²) < 4.78 is 3.50. The number of benzene rings is 1. The Morgan fingerprint density at radius 3 is 2.76 bits per heavy atom. The molecule has 1 amide bonds. The zero-order valence-corrected chi connectivity index (χ0v) is 15.1. The maximum absolute atomic E-state index is 12.8. The van der Waals surface area contributed by atoms with Crippen molar-refractivity contribution >= 4 is 39.5 Å². The molecular formula is C17H14ClN5OS. The number of imidazole rings is 1. The molecule has 126 valence electrons. The summed E-state index contributed by atoms with van der Waals surface area (Å²) in [7, 11) is 0. The number of halogens is 1. The van der Waals surface area contributed by atoms with E-state index in [0.717, 1.165) is 17.1 Å². The van der Waals surface area contributed by atoms with Crippen molar-refractivity contribution in [3.63, 3.8) is 0 Å². The number of hydrogen-bond donors (Lipinski definition) is 1. The maximum atomic E-state index is 12.8. The smallest absolute Gasteiger partial charge is 0.276 e. The Balaban J connectivity index is 1.72. The monoisotopic (exact) mass is 371 g/mol. The molecule has 0 aliphatic heterocycles. The fourth-order valence-corrected chi connectivity index (χ4v) is 3.80. The van der Waals surface area contributed by atoms with Crippen LogP contribution in [0.3, 0.4) is 0 Å². The van der Waals surface area contributed by atoms with Gasteiger partial charge in [-0.1, -0.05) is 29.8 Å². The van der Waals surface area contributed by atoms with Crippen LogP contribution in [0.25, 0.3) is 10.6 Å². The van der Waals surface area contributed by atoms with Crippen LogP contribution in [0.1, 0.15) is 21.9 Å². The van der Waals surface area contributed by atoms with Gasteiger partial charge >= 0.3 is 0 Å². The molecule has 3 heterocycles. The molecule has 0 aliphatic carbocycles. The molecule has 0 aliphatic rings. The van der Waals surface area contributed by atoms with Gasteiger partial charge in [0, 0.05) is 11.6 Å². The molecule has 0 fully saturated rings. The molecule has 1 aromatic carbocycles. The summed E-state index contributed by atoms with van der Waals surface area (Å²) in [6.45, 7) is 3.78. The number of thiazole rings is 1. The van der Waals surface area contributed by atoms with Gasteiger partial charge in [0.15, 0.2) is 15.8 Å². The highest BCUT2D eigenvalue weighted by Crippen LogP contribution is 2.26. The third kappa shape index (κ3) is 2.61. The van der Waals surface area contributed by atoms with Gasteiger partial charge in [0.25, 0.3) is 5.91 Å². The molecular weight excluding hydrogens is 358 g/mol. The predicted molar refractivity (Wildman–Crippen MR) is 99.1 cm³/mol. The fraction of sp³-hybridized carbons (Fsp3) is 0.118. The predicted octanol–water partition coefficient (Wildman–Crippen LogP) is 4.10. The molecule has 0 atom stereocenters. The lowest BCUT2D eigenvalue weighted by Gasteiger charge is -2.07. The average Bonchev–Trinajstić information content (AvgIpc) is 3.24. The van der Waals surface area contributed by atoms with E-state index in [9.17, 15) is 4.79 Å². The van der Waals surface area contributed by atoms with Crippen molar-refractivity contribution in [2.75, 3.05) is 5.32 Å². The van der Waals surface area contributed by atoms with E-state index in [1.54, 1.807) is 10.6 Å². The van der Waals surface area contributed by atoms with Crippen LogP contribution >= 0.6 is 22.9 Å². The van der Waals surface area contributed by atoms with Crippen molar-refractivity contribution in [3.8, 4) is 5.69 Å². The Morgan fingerprint density at radius 1 is 1.24 bits per heavy atom. The normalized spacial score (nSPS) is 11.2. The van der Waals surface area contributed by atoms with Gasteiger partial charge in [0.1, 0.15) is 0 Å². The van der Waals surface area contributed by atoms with E-state index >= 15 is 0 Å². The number of para-hydroxylation sites is 1. The zero-order valence-electron chi connectivity index (χ0n) is 13.5. The van der Waals surface area contributed by atoms with E-state index < -0.39 is 0 Å². The fourth-order valence-electron chi connectivity index (χ4n) is 2.78. The molecule has 0 saturated carbocycles. The van der Waals surface area contributed by atoms with E-state index in [1.165, 1.54) is 11.3 Å². The molecule has 0 spiro atoms. The summed E-state index contributed by atoms with van der Waals surface area (Å²) in [6.07, 6.45) is 1.78. The highest BCUT2D eigenvalue weighted by molar-refractivity contribution is 7.15. The molecule has 1 N–H and O–H groups in total. The minimum absolute atomic E-state index is 0.190. The highest BCUT2D eigenvalue weighted by atomic mass is 35.5.